The summed E-state index contributed by atoms with van der Waals surface area (Å²) in [6.07, 6.45) is -2.51. The van der Waals surface area contributed by atoms with E-state index in [1.807, 2.05) is 18.2 Å². The second kappa shape index (κ2) is 8.97. The summed E-state index contributed by atoms with van der Waals surface area (Å²) in [7, 11) is 3.17. The zero-order valence-corrected chi connectivity index (χ0v) is 18.3. The highest BCUT2D eigenvalue weighted by Crippen LogP contribution is 2.40. The molecule has 1 aliphatic heterocycles. The molecule has 0 spiro atoms. The summed E-state index contributed by atoms with van der Waals surface area (Å²) in [6, 6.07) is 6.86. The monoisotopic (exact) mass is 449 g/mol. The van der Waals surface area contributed by atoms with Crippen molar-refractivity contribution < 1.29 is 27.2 Å². The molecule has 1 fully saturated rings. The van der Waals surface area contributed by atoms with Gasteiger partial charge in [0.15, 0.2) is 11.5 Å². The Morgan fingerprint density at radius 1 is 1.16 bits per heavy atom. The van der Waals surface area contributed by atoms with Gasteiger partial charge in [0.2, 0.25) is 0 Å². The molecule has 0 aliphatic carbocycles. The van der Waals surface area contributed by atoms with Crippen LogP contribution in [0.4, 0.5) is 13.2 Å². The van der Waals surface area contributed by atoms with Crippen molar-refractivity contribution in [2.24, 2.45) is 0 Å². The zero-order chi connectivity index (χ0) is 22.9. The molecule has 3 aromatic rings. The Labute approximate surface area is 184 Å². The molecule has 0 bridgehead atoms. The third-order valence-corrected chi connectivity index (χ3v) is 5.94. The van der Waals surface area contributed by atoms with Gasteiger partial charge in [-0.05, 0) is 49.6 Å². The highest BCUT2D eigenvalue weighted by Gasteiger charge is 2.38. The van der Waals surface area contributed by atoms with Gasteiger partial charge in [-0.1, -0.05) is 18.1 Å². The molecule has 3 heterocycles. The first-order valence-corrected chi connectivity index (χ1v) is 10.6. The minimum atomic E-state index is -4.50. The lowest BCUT2D eigenvalue weighted by molar-refractivity contribution is -0.136. The van der Waals surface area contributed by atoms with Crippen molar-refractivity contribution in [1.82, 2.24) is 15.0 Å². The van der Waals surface area contributed by atoms with E-state index in [0.29, 0.717) is 42.4 Å². The molecule has 4 rings (SSSR count). The molecule has 6 nitrogen and oxygen atoms in total. The third kappa shape index (κ3) is 4.39. The fourth-order valence-corrected chi connectivity index (χ4v) is 4.37. The van der Waals surface area contributed by atoms with Gasteiger partial charge in [-0.3, -0.25) is 4.90 Å². The Balaban J connectivity index is 1.61. The van der Waals surface area contributed by atoms with Gasteiger partial charge in [0.05, 0.1) is 30.9 Å². The van der Waals surface area contributed by atoms with E-state index in [1.165, 1.54) is 0 Å². The summed E-state index contributed by atoms with van der Waals surface area (Å²) < 4.78 is 57.4. The van der Waals surface area contributed by atoms with Gasteiger partial charge < -0.3 is 14.0 Å². The summed E-state index contributed by atoms with van der Waals surface area (Å²) in [5, 5.41) is 4.05. The van der Waals surface area contributed by atoms with E-state index in [1.54, 1.807) is 21.1 Å². The number of alkyl halides is 3. The minimum Gasteiger partial charge on any atom is -0.493 e. The lowest BCUT2D eigenvalue weighted by Gasteiger charge is -2.32. The number of hydrogen-bond donors (Lipinski definition) is 0. The molecule has 9 heteroatoms. The van der Waals surface area contributed by atoms with E-state index in [0.717, 1.165) is 31.0 Å². The predicted molar refractivity (Wildman–Crippen MR) is 113 cm³/mol. The van der Waals surface area contributed by atoms with Crippen LogP contribution >= 0.6 is 0 Å². The number of fused-ring (bicyclic) bond motifs is 1. The summed E-state index contributed by atoms with van der Waals surface area (Å²) >= 11 is 0. The molecule has 1 atom stereocenters. The van der Waals surface area contributed by atoms with Gasteiger partial charge in [0.1, 0.15) is 0 Å². The highest BCUT2D eigenvalue weighted by atomic mass is 19.4. The number of benzene rings is 1. The average Bonchev–Trinajstić information content (AvgIpc) is 3.21. The number of hydrogen-bond acceptors (Lipinski definition) is 6. The van der Waals surface area contributed by atoms with Gasteiger partial charge in [-0.15, -0.1) is 0 Å². The van der Waals surface area contributed by atoms with E-state index in [2.05, 4.69) is 15.0 Å². The maximum absolute atomic E-state index is 13.8. The Hall–Kier alpha value is -2.81. The van der Waals surface area contributed by atoms with Crippen LogP contribution in [0.25, 0.3) is 11.1 Å². The normalized spacial score (nSPS) is 17.6. The smallest absolute Gasteiger partial charge is 0.417 e. The summed E-state index contributed by atoms with van der Waals surface area (Å²) in [5.74, 6) is 1.13. The van der Waals surface area contributed by atoms with E-state index < -0.39 is 11.7 Å². The molecular formula is C23H26F3N3O3. The topological polar surface area (TPSA) is 60.6 Å². The van der Waals surface area contributed by atoms with Crippen LogP contribution in [0, 0.1) is 0 Å². The third-order valence-electron chi connectivity index (χ3n) is 5.94. The van der Waals surface area contributed by atoms with Crippen LogP contribution in [0.15, 0.2) is 28.8 Å². The first-order chi connectivity index (χ1) is 15.3. The van der Waals surface area contributed by atoms with Crippen molar-refractivity contribution >= 4 is 11.1 Å². The Bertz CT molecular complexity index is 1100. The second-order valence-electron chi connectivity index (χ2n) is 8.02. The number of likely N-dealkylation sites (tertiary alicyclic amines) is 1. The number of rotatable bonds is 6. The first kappa shape index (κ1) is 22.4. The second-order valence-corrected chi connectivity index (χ2v) is 8.02. The average molecular weight is 449 g/mol. The summed E-state index contributed by atoms with van der Waals surface area (Å²) in [5.41, 5.74) is 0.973. The molecule has 32 heavy (non-hydrogen) atoms. The molecular weight excluding hydrogens is 423 g/mol. The SMILES string of the molecule is CCc1cc(C(F)(F)F)c2c(C3CCCN(Cc4ccc(OC)c(OC)c4)C3)noc2n1. The van der Waals surface area contributed by atoms with Crippen LogP contribution in [0.1, 0.15) is 48.2 Å². The largest absolute Gasteiger partial charge is 0.493 e. The molecule has 0 N–H and O–H groups in total. The number of nitrogens with zero attached hydrogens (tertiary/aromatic N) is 3. The van der Waals surface area contributed by atoms with Gasteiger partial charge in [-0.2, -0.15) is 13.2 Å². The number of piperidine rings is 1. The van der Waals surface area contributed by atoms with Crippen LogP contribution < -0.4 is 9.47 Å². The fourth-order valence-electron chi connectivity index (χ4n) is 4.37. The molecule has 1 aromatic carbocycles. The maximum Gasteiger partial charge on any atom is 0.417 e. The predicted octanol–water partition coefficient (Wildman–Crippen LogP) is 5.20. The molecule has 1 aliphatic rings. The van der Waals surface area contributed by atoms with Gasteiger partial charge in [-0.25, -0.2) is 4.98 Å². The van der Waals surface area contributed by atoms with E-state index in [4.69, 9.17) is 14.0 Å². The van der Waals surface area contributed by atoms with Crippen molar-refractivity contribution in [3.8, 4) is 11.5 Å². The van der Waals surface area contributed by atoms with E-state index in [-0.39, 0.29) is 17.0 Å². The van der Waals surface area contributed by atoms with Crippen molar-refractivity contribution in [3.05, 3.63) is 46.8 Å². The van der Waals surface area contributed by atoms with Crippen LogP contribution in [0.2, 0.25) is 0 Å². The van der Waals surface area contributed by atoms with E-state index in [9.17, 15) is 13.2 Å². The fraction of sp³-hybridized carbons (Fsp3) is 0.478. The number of methoxy groups -OCH3 is 2. The Kier molecular flexibility index (Phi) is 6.28. The number of halogens is 3. The maximum atomic E-state index is 13.8. The van der Waals surface area contributed by atoms with Gasteiger partial charge in [0.25, 0.3) is 5.71 Å². The van der Waals surface area contributed by atoms with Gasteiger partial charge in [0, 0.05) is 24.7 Å². The number of aryl methyl sites for hydroxylation is 1. The zero-order valence-electron chi connectivity index (χ0n) is 18.3. The van der Waals surface area contributed by atoms with E-state index >= 15 is 0 Å². The first-order valence-electron chi connectivity index (χ1n) is 10.6. The molecule has 0 amide bonds. The van der Waals surface area contributed by atoms with Crippen LogP contribution in [0.3, 0.4) is 0 Å². The molecule has 1 unspecified atom stereocenters. The Morgan fingerprint density at radius 3 is 2.62 bits per heavy atom. The lowest BCUT2D eigenvalue weighted by atomic mass is 9.91. The standard InChI is InChI=1S/C23H26F3N3O3/c1-4-16-11-17(23(24,25)26)20-21(28-32-22(20)27-16)15-6-5-9-29(13-15)12-14-7-8-18(30-2)19(10-14)31-3/h7-8,10-11,15H,4-6,9,12-13H2,1-3H3. The lowest BCUT2D eigenvalue weighted by Crippen LogP contribution is -2.34. The number of aromatic nitrogens is 2. The van der Waals surface area contributed by atoms with Crippen LogP contribution in [0.5, 0.6) is 11.5 Å². The van der Waals surface area contributed by atoms with Crippen molar-refractivity contribution in [2.45, 2.75) is 44.8 Å². The van der Waals surface area contributed by atoms with Crippen LogP contribution in [-0.4, -0.2) is 42.3 Å². The summed E-state index contributed by atoms with van der Waals surface area (Å²) in [6.45, 7) is 3.85. The van der Waals surface area contributed by atoms with Crippen molar-refractivity contribution in [1.29, 1.82) is 0 Å². The van der Waals surface area contributed by atoms with Gasteiger partial charge >= 0.3 is 6.18 Å². The highest BCUT2D eigenvalue weighted by molar-refractivity contribution is 5.81. The van der Waals surface area contributed by atoms with Crippen LogP contribution in [-0.2, 0) is 19.1 Å². The number of ether oxygens (including phenoxy) is 2. The molecule has 0 radical (unpaired) electrons. The summed E-state index contributed by atoms with van der Waals surface area (Å²) in [4.78, 5) is 6.46. The quantitative estimate of drug-likeness (QED) is 0.516. The van der Waals surface area contributed by atoms with Crippen molar-refractivity contribution in [3.63, 3.8) is 0 Å². The Morgan fingerprint density at radius 2 is 1.94 bits per heavy atom. The molecule has 0 saturated carbocycles. The van der Waals surface area contributed by atoms with Crippen molar-refractivity contribution in [2.75, 3.05) is 27.3 Å². The number of pyridine rings is 1. The minimum absolute atomic E-state index is 0.00679. The molecule has 1 saturated heterocycles. The molecule has 2 aromatic heterocycles. The molecule has 172 valence electrons.